The maximum atomic E-state index is 13.0. The van der Waals surface area contributed by atoms with Crippen LogP contribution in [0, 0.1) is 0 Å². The molecule has 0 bridgehead atoms. The van der Waals surface area contributed by atoms with Gasteiger partial charge in [-0.1, -0.05) is 48.5 Å². The van der Waals surface area contributed by atoms with Crippen LogP contribution in [0.5, 0.6) is 0 Å². The highest BCUT2D eigenvalue weighted by Gasteiger charge is 2.56. The quantitative estimate of drug-likeness (QED) is 0.332. The van der Waals surface area contributed by atoms with E-state index < -0.39 is 30.9 Å². The van der Waals surface area contributed by atoms with Crippen molar-refractivity contribution in [1.82, 2.24) is 4.90 Å². The van der Waals surface area contributed by atoms with Crippen molar-refractivity contribution in [3.63, 3.8) is 0 Å². The van der Waals surface area contributed by atoms with Crippen LogP contribution in [0.3, 0.4) is 0 Å². The average molecular weight is 399 g/mol. The van der Waals surface area contributed by atoms with Crippen LogP contribution in [0.25, 0.3) is 6.08 Å². The fourth-order valence-corrected chi connectivity index (χ4v) is 4.31. The molecule has 7 nitrogen and oxygen atoms in total. The molecule has 1 heterocycles. The van der Waals surface area contributed by atoms with Gasteiger partial charge in [0.1, 0.15) is 0 Å². The van der Waals surface area contributed by atoms with Crippen molar-refractivity contribution in [1.29, 1.82) is 0 Å². The number of amides is 2. The van der Waals surface area contributed by atoms with Crippen LogP contribution in [0.15, 0.2) is 66.4 Å². The van der Waals surface area contributed by atoms with Gasteiger partial charge < -0.3 is 9.05 Å². The molecular weight excluding hydrogens is 381 g/mol. The average Bonchev–Trinajstić information content (AvgIpc) is 2.98. The summed E-state index contributed by atoms with van der Waals surface area (Å²) >= 11 is 0. The van der Waals surface area contributed by atoms with Crippen molar-refractivity contribution in [2.24, 2.45) is 0 Å². The standard InChI is InChI=1S/C20H18NO6P/c1-26-28(25,27-2)18-17(22)16(13-14-9-5-3-6-10-14)21(20(18)24)19(23)15-11-7-4-8-12-15/h3-13,18H,1-2H3/b16-13+. The third-order valence-electron chi connectivity index (χ3n) is 4.35. The van der Waals surface area contributed by atoms with Crippen molar-refractivity contribution in [3.8, 4) is 0 Å². The largest absolute Gasteiger partial charge is 0.350 e. The second-order valence-corrected chi connectivity index (χ2v) is 8.28. The summed E-state index contributed by atoms with van der Waals surface area (Å²) in [7, 11) is -1.90. The van der Waals surface area contributed by atoms with Crippen molar-refractivity contribution < 1.29 is 28.0 Å². The molecule has 2 amide bonds. The molecule has 2 aromatic rings. The molecule has 0 N–H and O–H groups in total. The first-order valence-electron chi connectivity index (χ1n) is 8.38. The van der Waals surface area contributed by atoms with E-state index >= 15 is 0 Å². The Morgan fingerprint density at radius 1 is 0.964 bits per heavy atom. The highest BCUT2D eigenvalue weighted by Crippen LogP contribution is 2.55. The van der Waals surface area contributed by atoms with Gasteiger partial charge in [-0.3, -0.25) is 18.9 Å². The van der Waals surface area contributed by atoms with E-state index in [2.05, 4.69) is 0 Å². The Morgan fingerprint density at radius 3 is 2.04 bits per heavy atom. The molecule has 144 valence electrons. The number of rotatable bonds is 5. The maximum Gasteiger partial charge on any atom is 0.350 e. The monoisotopic (exact) mass is 399 g/mol. The summed E-state index contributed by atoms with van der Waals surface area (Å²) in [6.07, 6.45) is 1.41. The van der Waals surface area contributed by atoms with E-state index in [1.807, 2.05) is 0 Å². The lowest BCUT2D eigenvalue weighted by molar-refractivity contribution is -0.125. The van der Waals surface area contributed by atoms with Gasteiger partial charge in [-0.05, 0) is 23.8 Å². The smallest absolute Gasteiger partial charge is 0.311 e. The number of nitrogens with zero attached hydrogens (tertiary/aromatic N) is 1. The van der Waals surface area contributed by atoms with Crippen LogP contribution in [0.2, 0.25) is 0 Å². The second kappa shape index (κ2) is 8.02. The van der Waals surface area contributed by atoms with Crippen LogP contribution in [-0.2, 0) is 23.2 Å². The number of benzene rings is 2. The third kappa shape index (κ3) is 3.47. The SMILES string of the molecule is COP(=O)(OC)C1C(=O)/C(=C\c2ccccc2)N(C(=O)c2ccccc2)C1=O. The third-order valence-corrected chi connectivity index (χ3v) is 6.45. The number of hydrogen-bond donors (Lipinski definition) is 0. The molecule has 2 aromatic carbocycles. The maximum absolute atomic E-state index is 13.0. The van der Waals surface area contributed by atoms with E-state index in [1.165, 1.54) is 18.2 Å². The fourth-order valence-electron chi connectivity index (χ4n) is 2.93. The number of imide groups is 1. The van der Waals surface area contributed by atoms with Crippen molar-refractivity contribution in [2.75, 3.05) is 14.2 Å². The molecule has 8 heteroatoms. The van der Waals surface area contributed by atoms with Crippen LogP contribution in [0.1, 0.15) is 15.9 Å². The number of hydrogen-bond acceptors (Lipinski definition) is 6. The predicted molar refractivity (Wildman–Crippen MR) is 102 cm³/mol. The van der Waals surface area contributed by atoms with E-state index in [0.717, 1.165) is 19.1 Å². The molecule has 0 spiro atoms. The molecule has 0 aromatic heterocycles. The number of carbonyl (C=O) groups is 3. The molecule has 1 aliphatic heterocycles. The number of ketones is 1. The Kier molecular flexibility index (Phi) is 5.70. The first kappa shape index (κ1) is 19.9. The zero-order chi connectivity index (χ0) is 20.3. The van der Waals surface area contributed by atoms with Gasteiger partial charge in [0.25, 0.3) is 11.8 Å². The molecule has 1 aliphatic rings. The zero-order valence-electron chi connectivity index (χ0n) is 15.3. The van der Waals surface area contributed by atoms with E-state index in [1.54, 1.807) is 48.5 Å². The summed E-state index contributed by atoms with van der Waals surface area (Å²) in [6, 6.07) is 16.8. The second-order valence-electron chi connectivity index (χ2n) is 5.96. The predicted octanol–water partition coefficient (Wildman–Crippen LogP) is 3.13. The zero-order valence-corrected chi connectivity index (χ0v) is 16.2. The van der Waals surface area contributed by atoms with Gasteiger partial charge in [0.05, 0.1) is 5.70 Å². The van der Waals surface area contributed by atoms with Gasteiger partial charge in [-0.2, -0.15) is 0 Å². The topological polar surface area (TPSA) is 90.0 Å². The van der Waals surface area contributed by atoms with Crippen molar-refractivity contribution >= 4 is 31.3 Å². The van der Waals surface area contributed by atoms with E-state index in [9.17, 15) is 18.9 Å². The van der Waals surface area contributed by atoms with Gasteiger partial charge in [-0.15, -0.1) is 0 Å². The molecule has 3 rings (SSSR count). The Hall–Kier alpha value is -2.86. The molecule has 1 fully saturated rings. The first-order valence-corrected chi connectivity index (χ1v) is 9.99. The Labute approximate surface area is 162 Å². The van der Waals surface area contributed by atoms with E-state index in [0.29, 0.717) is 5.56 Å². The van der Waals surface area contributed by atoms with Gasteiger partial charge in [0.2, 0.25) is 11.4 Å². The van der Waals surface area contributed by atoms with Crippen LogP contribution >= 0.6 is 7.60 Å². The fraction of sp³-hybridized carbons (Fsp3) is 0.150. The normalized spacial score (nSPS) is 18.7. The molecule has 0 aliphatic carbocycles. The highest BCUT2D eigenvalue weighted by atomic mass is 31.2. The molecular formula is C20H18NO6P. The Morgan fingerprint density at radius 2 is 1.50 bits per heavy atom. The number of likely N-dealkylation sites (tertiary alicyclic amines) is 1. The van der Waals surface area contributed by atoms with Gasteiger partial charge in [0.15, 0.2) is 0 Å². The van der Waals surface area contributed by atoms with Crippen molar-refractivity contribution in [3.05, 3.63) is 77.5 Å². The molecule has 1 saturated heterocycles. The van der Waals surface area contributed by atoms with E-state index in [4.69, 9.17) is 9.05 Å². The molecule has 28 heavy (non-hydrogen) atoms. The minimum absolute atomic E-state index is 0.177. The van der Waals surface area contributed by atoms with Crippen LogP contribution in [-0.4, -0.2) is 42.4 Å². The molecule has 0 saturated carbocycles. The lowest BCUT2D eigenvalue weighted by atomic mass is 10.1. The number of carbonyl (C=O) groups excluding carboxylic acids is 3. The lowest BCUT2D eigenvalue weighted by Gasteiger charge is -2.18. The Bertz CT molecular complexity index is 978. The summed E-state index contributed by atoms with van der Waals surface area (Å²) in [5.74, 6) is -2.42. The van der Waals surface area contributed by atoms with Crippen LogP contribution < -0.4 is 0 Å². The van der Waals surface area contributed by atoms with Gasteiger partial charge in [0, 0.05) is 19.8 Å². The molecule has 1 unspecified atom stereocenters. The highest BCUT2D eigenvalue weighted by molar-refractivity contribution is 7.57. The van der Waals surface area contributed by atoms with Crippen LogP contribution in [0.4, 0.5) is 0 Å². The number of Topliss-reactive ketones (excluding diaryl/α,β-unsaturated/α-hetero) is 1. The van der Waals surface area contributed by atoms with Gasteiger partial charge in [-0.25, -0.2) is 4.90 Å². The summed E-state index contributed by atoms with van der Waals surface area (Å²) in [4.78, 5) is 39.8. The number of allylic oxidation sites excluding steroid dienone is 1. The minimum atomic E-state index is -4.09. The molecule has 1 atom stereocenters. The lowest BCUT2D eigenvalue weighted by Crippen LogP contribution is -2.34. The summed E-state index contributed by atoms with van der Waals surface area (Å²) in [5.41, 5.74) is -1.09. The van der Waals surface area contributed by atoms with E-state index in [-0.39, 0.29) is 11.3 Å². The minimum Gasteiger partial charge on any atom is -0.311 e. The summed E-state index contributed by atoms with van der Waals surface area (Å²) in [6.45, 7) is 0. The van der Waals surface area contributed by atoms with Gasteiger partial charge >= 0.3 is 7.60 Å². The summed E-state index contributed by atoms with van der Waals surface area (Å²) in [5, 5.41) is 0. The molecule has 0 radical (unpaired) electrons. The Balaban J connectivity index is 2.14. The van der Waals surface area contributed by atoms with Crippen molar-refractivity contribution in [2.45, 2.75) is 5.66 Å². The summed E-state index contributed by atoms with van der Waals surface area (Å²) < 4.78 is 22.6. The first-order chi connectivity index (χ1) is 13.4.